The molecule has 0 bridgehead atoms. The largest absolute Gasteiger partial charge is 0.454 e. The van der Waals surface area contributed by atoms with Gasteiger partial charge in [0, 0.05) is 31.9 Å². The lowest BCUT2D eigenvalue weighted by molar-refractivity contribution is 0.214. The van der Waals surface area contributed by atoms with Gasteiger partial charge in [0.1, 0.15) is 23.1 Å². The number of fused-ring (bicyclic) bond motifs is 2. The van der Waals surface area contributed by atoms with Crippen molar-refractivity contribution < 1.29 is 13.9 Å². The van der Waals surface area contributed by atoms with Gasteiger partial charge in [0.15, 0.2) is 5.75 Å². The topological polar surface area (TPSA) is 57.2 Å². The first-order valence-electron chi connectivity index (χ1n) is 11.1. The van der Waals surface area contributed by atoms with E-state index in [1.807, 2.05) is 36.4 Å². The van der Waals surface area contributed by atoms with Crippen LogP contribution in [0.15, 0.2) is 71.7 Å². The number of aliphatic imine (C=N–C) groups is 1. The highest BCUT2D eigenvalue weighted by atomic mass is 19.1. The van der Waals surface area contributed by atoms with Crippen LogP contribution >= 0.6 is 0 Å². The number of urea groups is 1. The van der Waals surface area contributed by atoms with Crippen LogP contribution in [-0.2, 0) is 0 Å². The van der Waals surface area contributed by atoms with Crippen molar-refractivity contribution in [3.63, 3.8) is 0 Å². The number of para-hydroxylation sites is 2. The van der Waals surface area contributed by atoms with E-state index in [1.54, 1.807) is 17.0 Å². The van der Waals surface area contributed by atoms with E-state index in [9.17, 15) is 9.18 Å². The molecule has 3 aromatic rings. The Morgan fingerprint density at radius 3 is 2.64 bits per heavy atom. The summed E-state index contributed by atoms with van der Waals surface area (Å²) in [6.07, 6.45) is 0.805. The smallest absolute Gasteiger partial charge is 0.321 e. The van der Waals surface area contributed by atoms with Gasteiger partial charge in [-0.1, -0.05) is 23.8 Å². The van der Waals surface area contributed by atoms with Crippen LogP contribution in [0.1, 0.15) is 17.5 Å². The third-order valence-corrected chi connectivity index (χ3v) is 5.87. The lowest BCUT2D eigenvalue weighted by atomic mass is 10.1. The van der Waals surface area contributed by atoms with E-state index in [1.165, 1.54) is 12.1 Å². The molecule has 2 aliphatic rings. The van der Waals surface area contributed by atoms with Crippen LogP contribution in [-0.4, -0.2) is 47.8 Å². The normalized spacial score (nSPS) is 15.4. The fraction of sp³-hybridized carbons (Fsp3) is 0.231. The molecule has 1 fully saturated rings. The zero-order chi connectivity index (χ0) is 22.8. The maximum absolute atomic E-state index is 13.2. The minimum absolute atomic E-state index is 0.184. The summed E-state index contributed by atoms with van der Waals surface area (Å²) in [5.41, 5.74) is 3.45. The number of carbonyl (C=O) groups excluding carboxylic acids is 1. The zero-order valence-corrected chi connectivity index (χ0v) is 18.4. The summed E-state index contributed by atoms with van der Waals surface area (Å²) in [6.45, 7) is 4.65. The predicted octanol–water partition coefficient (Wildman–Crippen LogP) is 5.56. The number of halogens is 1. The molecule has 7 heteroatoms. The van der Waals surface area contributed by atoms with Crippen LogP contribution in [0, 0.1) is 12.7 Å². The molecule has 0 unspecified atom stereocenters. The summed E-state index contributed by atoms with van der Waals surface area (Å²) >= 11 is 0. The molecule has 33 heavy (non-hydrogen) atoms. The number of nitrogens with one attached hydrogen (secondary N) is 1. The molecule has 3 aromatic carbocycles. The van der Waals surface area contributed by atoms with Crippen LogP contribution < -0.4 is 10.1 Å². The second kappa shape index (κ2) is 8.94. The predicted molar refractivity (Wildman–Crippen MR) is 127 cm³/mol. The van der Waals surface area contributed by atoms with Gasteiger partial charge < -0.3 is 19.9 Å². The van der Waals surface area contributed by atoms with E-state index in [4.69, 9.17) is 9.73 Å². The molecule has 0 radical (unpaired) electrons. The number of benzene rings is 3. The van der Waals surface area contributed by atoms with Crippen molar-refractivity contribution in [1.82, 2.24) is 9.80 Å². The first kappa shape index (κ1) is 21.0. The van der Waals surface area contributed by atoms with E-state index in [0.29, 0.717) is 25.3 Å². The average molecular weight is 445 g/mol. The second-order valence-electron chi connectivity index (χ2n) is 8.27. The number of anilines is 1. The highest BCUT2D eigenvalue weighted by Gasteiger charge is 2.26. The van der Waals surface area contributed by atoms with Gasteiger partial charge in [-0.3, -0.25) is 0 Å². The number of rotatable bonds is 1. The van der Waals surface area contributed by atoms with Gasteiger partial charge >= 0.3 is 6.03 Å². The van der Waals surface area contributed by atoms with E-state index in [0.717, 1.165) is 47.1 Å². The fourth-order valence-electron chi connectivity index (χ4n) is 4.15. The number of amides is 2. The third kappa shape index (κ3) is 4.53. The minimum atomic E-state index is -0.330. The number of nitrogens with zero attached hydrogens (tertiary/aromatic N) is 3. The lowest BCUT2D eigenvalue weighted by Crippen LogP contribution is -2.39. The van der Waals surface area contributed by atoms with Crippen molar-refractivity contribution in [2.75, 3.05) is 31.5 Å². The van der Waals surface area contributed by atoms with Crippen LogP contribution in [0.4, 0.5) is 20.6 Å². The highest BCUT2D eigenvalue weighted by molar-refractivity contribution is 6.04. The van der Waals surface area contributed by atoms with Crippen LogP contribution in [0.5, 0.6) is 11.5 Å². The molecule has 0 spiro atoms. The van der Waals surface area contributed by atoms with Gasteiger partial charge in [0.25, 0.3) is 0 Å². The SMILES string of the molecule is Cc1ccc2c(c1)C(N1CCCN(C(=O)Nc3ccc(F)cc3)CC1)=Nc1ccccc1O2. The quantitative estimate of drug-likeness (QED) is 0.535. The monoisotopic (exact) mass is 444 g/mol. The van der Waals surface area contributed by atoms with E-state index < -0.39 is 0 Å². The van der Waals surface area contributed by atoms with Gasteiger partial charge in [0.2, 0.25) is 0 Å². The second-order valence-corrected chi connectivity index (χ2v) is 8.27. The Morgan fingerprint density at radius 2 is 1.79 bits per heavy atom. The summed E-state index contributed by atoms with van der Waals surface area (Å²) in [7, 11) is 0. The molecular formula is C26H25FN4O2. The Bertz CT molecular complexity index is 1210. The molecule has 0 aliphatic carbocycles. The van der Waals surface area contributed by atoms with Crippen molar-refractivity contribution in [2.45, 2.75) is 13.3 Å². The summed E-state index contributed by atoms with van der Waals surface area (Å²) in [6, 6.07) is 19.5. The van der Waals surface area contributed by atoms with Crippen molar-refractivity contribution in [2.24, 2.45) is 4.99 Å². The number of aryl methyl sites for hydroxylation is 1. The average Bonchev–Trinajstić information content (AvgIpc) is 3.15. The van der Waals surface area contributed by atoms with E-state index >= 15 is 0 Å². The van der Waals surface area contributed by atoms with Crippen molar-refractivity contribution in [3.05, 3.63) is 83.7 Å². The molecule has 0 saturated carbocycles. The lowest BCUT2D eigenvalue weighted by Gasteiger charge is -2.25. The number of amidine groups is 1. The Labute approximate surface area is 192 Å². The van der Waals surface area contributed by atoms with Crippen molar-refractivity contribution in [3.8, 4) is 11.5 Å². The van der Waals surface area contributed by atoms with Crippen LogP contribution in [0.2, 0.25) is 0 Å². The molecule has 2 aliphatic heterocycles. The molecule has 0 aromatic heterocycles. The molecule has 0 atom stereocenters. The van der Waals surface area contributed by atoms with Gasteiger partial charge in [-0.2, -0.15) is 0 Å². The number of carbonyl (C=O) groups is 1. The zero-order valence-electron chi connectivity index (χ0n) is 18.4. The molecule has 1 N–H and O–H groups in total. The first-order chi connectivity index (χ1) is 16.1. The van der Waals surface area contributed by atoms with Gasteiger partial charge in [-0.05, 0) is 61.9 Å². The molecule has 168 valence electrons. The Hall–Kier alpha value is -3.87. The van der Waals surface area contributed by atoms with E-state index in [2.05, 4.69) is 23.2 Å². The van der Waals surface area contributed by atoms with Gasteiger partial charge in [-0.25, -0.2) is 14.2 Å². The standard InChI is InChI=1S/C26H25FN4O2/c1-18-7-12-23-21(17-18)25(29-22-5-2-3-6-24(22)33-23)30-13-4-14-31(16-15-30)26(32)28-20-10-8-19(27)9-11-20/h2-3,5-12,17H,4,13-16H2,1H3,(H,28,32). The third-order valence-electron chi connectivity index (χ3n) is 5.87. The van der Waals surface area contributed by atoms with Crippen molar-refractivity contribution in [1.29, 1.82) is 0 Å². The highest BCUT2D eigenvalue weighted by Crippen LogP contribution is 2.38. The Morgan fingerprint density at radius 1 is 0.970 bits per heavy atom. The molecule has 2 heterocycles. The molecule has 1 saturated heterocycles. The van der Waals surface area contributed by atoms with Gasteiger partial charge in [-0.15, -0.1) is 0 Å². The van der Waals surface area contributed by atoms with Crippen molar-refractivity contribution >= 4 is 23.2 Å². The maximum atomic E-state index is 13.2. The molecular weight excluding hydrogens is 419 g/mol. The number of hydrogen-bond acceptors (Lipinski definition) is 4. The van der Waals surface area contributed by atoms with Gasteiger partial charge in [0.05, 0.1) is 5.56 Å². The molecule has 6 nitrogen and oxygen atoms in total. The minimum Gasteiger partial charge on any atom is -0.454 e. The summed E-state index contributed by atoms with van der Waals surface area (Å²) in [5.74, 6) is 2.04. The summed E-state index contributed by atoms with van der Waals surface area (Å²) < 4.78 is 19.4. The first-order valence-corrected chi connectivity index (χ1v) is 11.1. The van der Waals surface area contributed by atoms with E-state index in [-0.39, 0.29) is 11.8 Å². The Balaban J connectivity index is 1.38. The van der Waals surface area contributed by atoms with Crippen LogP contribution in [0.25, 0.3) is 0 Å². The number of hydrogen-bond donors (Lipinski definition) is 1. The molecule has 5 rings (SSSR count). The van der Waals surface area contributed by atoms with Crippen LogP contribution in [0.3, 0.4) is 0 Å². The Kier molecular flexibility index (Phi) is 5.69. The summed E-state index contributed by atoms with van der Waals surface area (Å²) in [5, 5.41) is 2.86. The molecule has 2 amide bonds. The fourth-order valence-corrected chi connectivity index (χ4v) is 4.15. The summed E-state index contributed by atoms with van der Waals surface area (Å²) in [4.78, 5) is 21.8. The maximum Gasteiger partial charge on any atom is 0.321 e. The number of ether oxygens (including phenoxy) is 1.